The van der Waals surface area contributed by atoms with Crippen molar-refractivity contribution in [2.24, 2.45) is 0 Å². The molecule has 0 radical (unpaired) electrons. The standard InChI is InChI=1S/C13H8BrClN2O2/c14-9-5-7(16)4-8(12(9)18)13-17-10-3-6(15)1-2-11(10)19-13/h1-5,18H,16H2. The quantitative estimate of drug-likeness (QED) is 0.515. The molecule has 96 valence electrons. The van der Waals surface area contributed by atoms with E-state index in [-0.39, 0.29) is 5.75 Å². The van der Waals surface area contributed by atoms with Gasteiger partial charge < -0.3 is 15.3 Å². The van der Waals surface area contributed by atoms with Gasteiger partial charge in [-0.25, -0.2) is 4.98 Å². The van der Waals surface area contributed by atoms with E-state index in [1.54, 1.807) is 30.3 Å². The number of rotatable bonds is 1. The van der Waals surface area contributed by atoms with Crippen molar-refractivity contribution in [2.45, 2.75) is 0 Å². The predicted molar refractivity (Wildman–Crippen MR) is 78.2 cm³/mol. The smallest absolute Gasteiger partial charge is 0.231 e. The second-order valence-corrected chi connectivity index (χ2v) is 5.32. The zero-order chi connectivity index (χ0) is 13.6. The topological polar surface area (TPSA) is 72.3 Å². The fraction of sp³-hybridized carbons (Fsp3) is 0. The Labute approximate surface area is 121 Å². The molecule has 0 spiro atoms. The zero-order valence-electron chi connectivity index (χ0n) is 9.52. The maximum atomic E-state index is 10.0. The maximum absolute atomic E-state index is 10.0. The normalized spacial score (nSPS) is 11.1. The number of halogens is 2. The van der Waals surface area contributed by atoms with Crippen LogP contribution in [0.2, 0.25) is 5.02 Å². The molecule has 0 amide bonds. The van der Waals surface area contributed by atoms with E-state index in [0.29, 0.717) is 37.7 Å². The van der Waals surface area contributed by atoms with Gasteiger partial charge in [0.05, 0.1) is 10.0 Å². The van der Waals surface area contributed by atoms with E-state index in [9.17, 15) is 5.11 Å². The highest BCUT2D eigenvalue weighted by Crippen LogP contribution is 2.38. The number of phenols is 1. The number of nitrogens with zero attached hydrogens (tertiary/aromatic N) is 1. The van der Waals surface area contributed by atoms with Gasteiger partial charge in [0.15, 0.2) is 5.58 Å². The first-order chi connectivity index (χ1) is 9.04. The van der Waals surface area contributed by atoms with Gasteiger partial charge in [0.2, 0.25) is 5.89 Å². The maximum Gasteiger partial charge on any atom is 0.231 e. The van der Waals surface area contributed by atoms with Crippen molar-refractivity contribution in [3.05, 3.63) is 39.8 Å². The summed E-state index contributed by atoms with van der Waals surface area (Å²) >= 11 is 9.13. The highest BCUT2D eigenvalue weighted by atomic mass is 79.9. The Morgan fingerprint density at radius 2 is 2.05 bits per heavy atom. The van der Waals surface area contributed by atoms with Crippen LogP contribution in [0.25, 0.3) is 22.6 Å². The van der Waals surface area contributed by atoms with Gasteiger partial charge in [-0.1, -0.05) is 11.6 Å². The number of phenolic OH excluding ortho intramolecular Hbond substituents is 1. The van der Waals surface area contributed by atoms with Crippen LogP contribution in [-0.2, 0) is 0 Å². The van der Waals surface area contributed by atoms with Gasteiger partial charge in [0.1, 0.15) is 11.3 Å². The van der Waals surface area contributed by atoms with Crippen molar-refractivity contribution < 1.29 is 9.52 Å². The predicted octanol–water partition coefficient (Wildman–Crippen LogP) is 4.20. The van der Waals surface area contributed by atoms with Crippen molar-refractivity contribution in [3.8, 4) is 17.2 Å². The molecule has 0 atom stereocenters. The van der Waals surface area contributed by atoms with E-state index in [2.05, 4.69) is 20.9 Å². The molecule has 19 heavy (non-hydrogen) atoms. The Balaban J connectivity index is 2.24. The van der Waals surface area contributed by atoms with Crippen molar-refractivity contribution in [1.29, 1.82) is 0 Å². The summed E-state index contributed by atoms with van der Waals surface area (Å²) in [6.45, 7) is 0. The minimum Gasteiger partial charge on any atom is -0.506 e. The molecule has 0 fully saturated rings. The lowest BCUT2D eigenvalue weighted by molar-refractivity contribution is 0.471. The van der Waals surface area contributed by atoms with Crippen LogP contribution in [0.15, 0.2) is 39.2 Å². The number of hydrogen-bond acceptors (Lipinski definition) is 4. The van der Waals surface area contributed by atoms with Gasteiger partial charge in [-0.3, -0.25) is 0 Å². The molecular formula is C13H8BrClN2O2. The van der Waals surface area contributed by atoms with E-state index in [1.165, 1.54) is 0 Å². The largest absolute Gasteiger partial charge is 0.506 e. The lowest BCUT2D eigenvalue weighted by Gasteiger charge is -2.04. The Kier molecular flexibility index (Phi) is 2.88. The van der Waals surface area contributed by atoms with E-state index >= 15 is 0 Å². The molecule has 0 aliphatic heterocycles. The molecule has 6 heteroatoms. The van der Waals surface area contributed by atoms with Crippen LogP contribution < -0.4 is 5.73 Å². The van der Waals surface area contributed by atoms with Gasteiger partial charge in [-0.15, -0.1) is 0 Å². The van der Waals surface area contributed by atoms with Crippen LogP contribution in [0.5, 0.6) is 5.75 Å². The summed E-state index contributed by atoms with van der Waals surface area (Å²) < 4.78 is 6.08. The third-order valence-corrected chi connectivity index (χ3v) is 3.51. The molecule has 3 N–H and O–H groups in total. The fourth-order valence-electron chi connectivity index (χ4n) is 1.80. The van der Waals surface area contributed by atoms with Crippen molar-refractivity contribution in [3.63, 3.8) is 0 Å². The van der Waals surface area contributed by atoms with Crippen molar-refractivity contribution in [2.75, 3.05) is 5.73 Å². The number of oxazole rings is 1. The van der Waals surface area contributed by atoms with Crippen LogP contribution in [0.3, 0.4) is 0 Å². The summed E-state index contributed by atoms with van der Waals surface area (Å²) in [5.41, 5.74) is 7.90. The lowest BCUT2D eigenvalue weighted by atomic mass is 10.2. The summed E-state index contributed by atoms with van der Waals surface area (Å²) in [5.74, 6) is 0.328. The molecule has 0 aliphatic rings. The Bertz CT molecular complexity index is 786. The van der Waals surface area contributed by atoms with E-state index in [1.807, 2.05) is 0 Å². The number of aromatic nitrogens is 1. The molecule has 0 aliphatic carbocycles. The molecule has 1 heterocycles. The molecule has 3 rings (SSSR count). The zero-order valence-corrected chi connectivity index (χ0v) is 11.9. The van der Waals surface area contributed by atoms with E-state index in [0.717, 1.165) is 0 Å². The van der Waals surface area contributed by atoms with Gasteiger partial charge in [-0.2, -0.15) is 0 Å². The molecule has 0 saturated carbocycles. The molecule has 0 saturated heterocycles. The summed E-state index contributed by atoms with van der Waals surface area (Å²) in [7, 11) is 0. The van der Waals surface area contributed by atoms with Gasteiger partial charge in [0.25, 0.3) is 0 Å². The Hall–Kier alpha value is -1.72. The average Bonchev–Trinajstić information content (AvgIpc) is 2.76. The monoisotopic (exact) mass is 338 g/mol. The number of fused-ring (bicyclic) bond motifs is 1. The highest BCUT2D eigenvalue weighted by molar-refractivity contribution is 9.10. The van der Waals surface area contributed by atoms with Crippen LogP contribution in [0.4, 0.5) is 5.69 Å². The Morgan fingerprint density at radius 3 is 2.84 bits per heavy atom. The number of nitrogens with two attached hydrogens (primary N) is 1. The first-order valence-corrected chi connectivity index (χ1v) is 6.56. The molecule has 0 unspecified atom stereocenters. The summed E-state index contributed by atoms with van der Waals surface area (Å²) in [6, 6.07) is 8.35. The second kappa shape index (κ2) is 4.43. The number of nitrogen functional groups attached to an aromatic ring is 1. The SMILES string of the molecule is Nc1cc(Br)c(O)c(-c2nc3cc(Cl)ccc3o2)c1. The minimum atomic E-state index is 0.0341. The van der Waals surface area contributed by atoms with Gasteiger partial charge in [0, 0.05) is 10.7 Å². The highest BCUT2D eigenvalue weighted by Gasteiger charge is 2.15. The average molecular weight is 340 g/mol. The van der Waals surface area contributed by atoms with E-state index in [4.69, 9.17) is 21.8 Å². The van der Waals surface area contributed by atoms with Crippen molar-refractivity contribution >= 4 is 44.3 Å². The molecule has 3 aromatic rings. The number of anilines is 1. The number of hydrogen-bond donors (Lipinski definition) is 2. The molecule has 2 aromatic carbocycles. The summed E-state index contributed by atoms with van der Waals surface area (Å²) in [6.07, 6.45) is 0. The molecule has 1 aromatic heterocycles. The van der Waals surface area contributed by atoms with Gasteiger partial charge >= 0.3 is 0 Å². The molecule has 0 bridgehead atoms. The fourth-order valence-corrected chi connectivity index (χ4v) is 2.44. The first-order valence-electron chi connectivity index (χ1n) is 5.39. The Morgan fingerprint density at radius 1 is 1.26 bits per heavy atom. The minimum absolute atomic E-state index is 0.0341. The van der Waals surface area contributed by atoms with Crippen LogP contribution in [0, 0.1) is 0 Å². The molecular weight excluding hydrogens is 332 g/mol. The molecule has 4 nitrogen and oxygen atoms in total. The van der Waals surface area contributed by atoms with Crippen LogP contribution in [-0.4, -0.2) is 10.1 Å². The summed E-state index contributed by atoms with van der Waals surface area (Å²) in [5, 5.41) is 10.6. The van der Waals surface area contributed by atoms with Gasteiger partial charge in [-0.05, 0) is 46.3 Å². The van der Waals surface area contributed by atoms with Crippen LogP contribution in [0.1, 0.15) is 0 Å². The number of benzene rings is 2. The number of aromatic hydroxyl groups is 1. The summed E-state index contributed by atoms with van der Waals surface area (Å²) in [4.78, 5) is 4.30. The third-order valence-electron chi connectivity index (χ3n) is 2.67. The van der Waals surface area contributed by atoms with Crippen LogP contribution >= 0.6 is 27.5 Å². The van der Waals surface area contributed by atoms with E-state index < -0.39 is 0 Å². The first kappa shape index (κ1) is 12.3. The second-order valence-electron chi connectivity index (χ2n) is 4.03. The lowest BCUT2D eigenvalue weighted by Crippen LogP contribution is -1.87. The van der Waals surface area contributed by atoms with Crippen molar-refractivity contribution in [1.82, 2.24) is 4.98 Å². The third kappa shape index (κ3) is 2.15.